The molecule has 2 aromatic rings. The molecule has 8 nitrogen and oxygen atoms in total. The molecule has 1 unspecified atom stereocenters. The van der Waals surface area contributed by atoms with Crippen LogP contribution in [-0.4, -0.2) is 60.7 Å². The number of carbonyl (C=O) groups excluding carboxylic acids is 1. The van der Waals surface area contributed by atoms with E-state index in [1.807, 2.05) is 26.0 Å². The van der Waals surface area contributed by atoms with Crippen LogP contribution in [0.2, 0.25) is 0 Å². The van der Waals surface area contributed by atoms with Gasteiger partial charge in [0.1, 0.15) is 47.7 Å². The van der Waals surface area contributed by atoms with Crippen LogP contribution in [0.1, 0.15) is 55.1 Å². The number of aliphatic hydroxyl groups excluding tert-OH is 1. The van der Waals surface area contributed by atoms with Gasteiger partial charge < -0.3 is 33.9 Å². The number of ketones is 1. The van der Waals surface area contributed by atoms with Crippen molar-refractivity contribution in [2.45, 2.75) is 50.9 Å². The lowest BCUT2D eigenvalue weighted by atomic mass is 9.86. The Bertz CT molecular complexity index is 1160. The molecule has 2 aliphatic heterocycles. The van der Waals surface area contributed by atoms with E-state index >= 15 is 0 Å². The number of rotatable bonds is 7. The zero-order valence-corrected chi connectivity index (χ0v) is 20.9. The third-order valence-electron chi connectivity index (χ3n) is 6.24. The molecule has 2 aliphatic rings. The molecule has 2 atom stereocenters. The molecule has 35 heavy (non-hydrogen) atoms. The summed E-state index contributed by atoms with van der Waals surface area (Å²) in [4.78, 5) is 13.7. The van der Waals surface area contributed by atoms with Crippen LogP contribution in [0.15, 0.2) is 30.3 Å². The third-order valence-corrected chi connectivity index (χ3v) is 6.24. The zero-order chi connectivity index (χ0) is 25.5. The standard InChI is InChI=1S/C27H32O8/c1-26(2)10-9-16-19(35-26)12-21-23(25(16)32-6)24(29)17(13-33-21)15-7-8-18(20(11-15)31-5)34-14-22(28)27(3,4)30/h7-12,17,22,28,30H,13-14H2,1-6H3/t17?,22-/m1/s1. The average Bonchev–Trinajstić information content (AvgIpc) is 2.80. The number of fused-ring (bicyclic) bond motifs is 2. The monoisotopic (exact) mass is 484 g/mol. The van der Waals surface area contributed by atoms with Gasteiger partial charge in [0.25, 0.3) is 0 Å². The van der Waals surface area contributed by atoms with Crippen molar-refractivity contribution in [2.75, 3.05) is 27.4 Å². The minimum absolute atomic E-state index is 0.118. The Morgan fingerprint density at radius 3 is 2.54 bits per heavy atom. The first kappa shape index (κ1) is 24.9. The number of aliphatic hydroxyl groups is 2. The number of hydrogen-bond acceptors (Lipinski definition) is 8. The fourth-order valence-electron chi connectivity index (χ4n) is 4.09. The summed E-state index contributed by atoms with van der Waals surface area (Å²) < 4.78 is 28.9. The van der Waals surface area contributed by atoms with Crippen molar-refractivity contribution >= 4 is 11.9 Å². The highest BCUT2D eigenvalue weighted by molar-refractivity contribution is 6.08. The normalized spacial score (nSPS) is 19.1. The lowest BCUT2D eigenvalue weighted by Gasteiger charge is -2.32. The fourth-order valence-corrected chi connectivity index (χ4v) is 4.09. The van der Waals surface area contributed by atoms with Gasteiger partial charge in [0.05, 0.1) is 31.3 Å². The molecule has 2 aromatic carbocycles. The Balaban J connectivity index is 1.64. The van der Waals surface area contributed by atoms with Crippen molar-refractivity contribution in [3.63, 3.8) is 0 Å². The summed E-state index contributed by atoms with van der Waals surface area (Å²) >= 11 is 0. The van der Waals surface area contributed by atoms with E-state index in [2.05, 4.69) is 0 Å². The highest BCUT2D eigenvalue weighted by Crippen LogP contribution is 2.47. The lowest BCUT2D eigenvalue weighted by molar-refractivity contribution is -0.0664. The average molecular weight is 485 g/mol. The minimum Gasteiger partial charge on any atom is -0.495 e. The van der Waals surface area contributed by atoms with Gasteiger partial charge in [-0.2, -0.15) is 0 Å². The molecule has 0 fully saturated rings. The highest BCUT2D eigenvalue weighted by atomic mass is 16.5. The zero-order valence-electron chi connectivity index (χ0n) is 20.9. The second-order valence-electron chi connectivity index (χ2n) is 9.85. The first-order valence-electron chi connectivity index (χ1n) is 11.5. The van der Waals surface area contributed by atoms with Gasteiger partial charge in [-0.15, -0.1) is 0 Å². The molecule has 8 heteroatoms. The highest BCUT2D eigenvalue weighted by Gasteiger charge is 2.37. The summed E-state index contributed by atoms with van der Waals surface area (Å²) in [5, 5.41) is 20.0. The third kappa shape index (κ3) is 4.81. The van der Waals surface area contributed by atoms with Gasteiger partial charge in [0.2, 0.25) is 0 Å². The Morgan fingerprint density at radius 2 is 1.89 bits per heavy atom. The quantitative estimate of drug-likeness (QED) is 0.612. The summed E-state index contributed by atoms with van der Waals surface area (Å²) in [5.41, 5.74) is -0.00391. The van der Waals surface area contributed by atoms with E-state index in [0.717, 1.165) is 0 Å². The van der Waals surface area contributed by atoms with Crippen molar-refractivity contribution in [1.82, 2.24) is 0 Å². The number of carbonyl (C=O) groups is 1. The van der Waals surface area contributed by atoms with Crippen molar-refractivity contribution in [1.29, 1.82) is 0 Å². The lowest BCUT2D eigenvalue weighted by Crippen LogP contribution is -2.40. The summed E-state index contributed by atoms with van der Waals surface area (Å²) in [6, 6.07) is 6.91. The maximum Gasteiger partial charge on any atom is 0.181 e. The second kappa shape index (κ2) is 9.09. The number of ether oxygens (including phenoxy) is 5. The van der Waals surface area contributed by atoms with E-state index in [-0.39, 0.29) is 19.0 Å². The number of hydrogen-bond donors (Lipinski definition) is 2. The molecule has 0 saturated carbocycles. The maximum absolute atomic E-state index is 13.7. The number of methoxy groups -OCH3 is 2. The first-order valence-corrected chi connectivity index (χ1v) is 11.5. The molecule has 0 radical (unpaired) electrons. The molecule has 188 valence electrons. The summed E-state index contributed by atoms with van der Waals surface area (Å²) in [6.45, 7) is 6.93. The summed E-state index contributed by atoms with van der Waals surface area (Å²) in [7, 11) is 3.02. The van der Waals surface area contributed by atoms with E-state index in [4.69, 9.17) is 23.7 Å². The first-order chi connectivity index (χ1) is 16.4. The summed E-state index contributed by atoms with van der Waals surface area (Å²) in [5.74, 6) is 1.55. The minimum atomic E-state index is -1.30. The molecule has 0 aromatic heterocycles. The van der Waals surface area contributed by atoms with Gasteiger partial charge >= 0.3 is 0 Å². The van der Waals surface area contributed by atoms with Crippen molar-refractivity contribution in [3.05, 3.63) is 47.0 Å². The van der Waals surface area contributed by atoms with Crippen molar-refractivity contribution in [2.24, 2.45) is 0 Å². The molecule has 0 saturated heterocycles. The Hall–Kier alpha value is -3.23. The maximum atomic E-state index is 13.7. The van der Waals surface area contributed by atoms with E-state index in [1.54, 1.807) is 24.3 Å². The van der Waals surface area contributed by atoms with E-state index in [1.165, 1.54) is 28.1 Å². The molecule has 0 spiro atoms. The van der Waals surface area contributed by atoms with Crippen LogP contribution in [0.3, 0.4) is 0 Å². The van der Waals surface area contributed by atoms with Crippen LogP contribution in [0.25, 0.3) is 6.08 Å². The molecule has 4 rings (SSSR count). The molecular weight excluding hydrogens is 452 g/mol. The number of Topliss-reactive ketones (excluding diaryl/α,β-unsaturated/α-hetero) is 1. The molecule has 0 aliphatic carbocycles. The van der Waals surface area contributed by atoms with Crippen LogP contribution in [0.4, 0.5) is 0 Å². The molecular formula is C27H32O8. The molecule has 2 N–H and O–H groups in total. The SMILES string of the molecule is COc1cc(C2COc3cc4c(c(OC)c3C2=O)C=CC(C)(C)O4)ccc1OC[C@@H](O)C(C)(C)O. The second-order valence-corrected chi connectivity index (χ2v) is 9.85. The molecule has 0 bridgehead atoms. The fraction of sp³-hybridized carbons (Fsp3) is 0.444. The van der Waals surface area contributed by atoms with Crippen molar-refractivity contribution in [3.8, 4) is 28.7 Å². The largest absolute Gasteiger partial charge is 0.495 e. The van der Waals surface area contributed by atoms with Crippen LogP contribution in [0.5, 0.6) is 28.7 Å². The molecule has 2 heterocycles. The Kier molecular flexibility index (Phi) is 6.46. The molecule has 0 amide bonds. The van der Waals surface area contributed by atoms with Gasteiger partial charge in [-0.05, 0) is 57.5 Å². The predicted octanol–water partition coefficient (Wildman–Crippen LogP) is 3.76. The van der Waals surface area contributed by atoms with Crippen LogP contribution >= 0.6 is 0 Å². The number of benzene rings is 2. The van der Waals surface area contributed by atoms with Gasteiger partial charge in [-0.25, -0.2) is 0 Å². The predicted molar refractivity (Wildman–Crippen MR) is 130 cm³/mol. The Morgan fingerprint density at radius 1 is 1.14 bits per heavy atom. The van der Waals surface area contributed by atoms with Gasteiger partial charge in [-0.3, -0.25) is 4.79 Å². The summed E-state index contributed by atoms with van der Waals surface area (Å²) in [6.07, 6.45) is 2.75. The smallest absolute Gasteiger partial charge is 0.181 e. The topological polar surface area (TPSA) is 104 Å². The van der Waals surface area contributed by atoms with Gasteiger partial charge in [0, 0.05) is 6.07 Å². The van der Waals surface area contributed by atoms with Crippen LogP contribution in [0, 0.1) is 0 Å². The van der Waals surface area contributed by atoms with Gasteiger partial charge in [0.15, 0.2) is 17.3 Å². The van der Waals surface area contributed by atoms with E-state index in [9.17, 15) is 15.0 Å². The van der Waals surface area contributed by atoms with Crippen LogP contribution < -0.4 is 23.7 Å². The van der Waals surface area contributed by atoms with Crippen LogP contribution in [-0.2, 0) is 0 Å². The van der Waals surface area contributed by atoms with E-state index < -0.39 is 23.2 Å². The van der Waals surface area contributed by atoms with Gasteiger partial charge in [-0.1, -0.05) is 6.07 Å². The van der Waals surface area contributed by atoms with Crippen molar-refractivity contribution < 1.29 is 38.7 Å². The Labute approximate surface area is 205 Å². The van der Waals surface area contributed by atoms with E-state index in [0.29, 0.717) is 45.4 Å².